The molecule has 1 aromatic carbocycles. The lowest BCUT2D eigenvalue weighted by atomic mass is 10.2. The zero-order valence-corrected chi connectivity index (χ0v) is 13.8. The number of rotatable bonds is 6. The van der Waals surface area contributed by atoms with Crippen molar-refractivity contribution in [2.24, 2.45) is 0 Å². The number of aromatic nitrogens is 3. The molecular weight excluding hydrogens is 312 g/mol. The average molecular weight is 330 g/mol. The molecule has 3 rings (SSSR count). The Labute approximate surface area is 138 Å². The molecule has 0 aliphatic rings. The first kappa shape index (κ1) is 15.5. The first-order chi connectivity index (χ1) is 11.1. The first-order valence-corrected chi connectivity index (χ1v) is 8.21. The summed E-state index contributed by atoms with van der Waals surface area (Å²) in [5.74, 6) is 9.03. The van der Waals surface area contributed by atoms with Gasteiger partial charge in [0.2, 0.25) is 5.16 Å². The molecule has 0 fully saturated rings. The second kappa shape index (κ2) is 6.78. The van der Waals surface area contributed by atoms with Crippen molar-refractivity contribution in [1.29, 1.82) is 0 Å². The van der Waals surface area contributed by atoms with Crippen LogP contribution in [-0.2, 0) is 0 Å². The Morgan fingerprint density at radius 2 is 2.13 bits per heavy atom. The van der Waals surface area contributed by atoms with Crippen LogP contribution in [0.1, 0.15) is 11.3 Å². The van der Waals surface area contributed by atoms with Crippen LogP contribution in [0.4, 0.5) is 0 Å². The van der Waals surface area contributed by atoms with Gasteiger partial charge in [0.05, 0.1) is 18.4 Å². The third-order valence-corrected chi connectivity index (χ3v) is 4.24. The van der Waals surface area contributed by atoms with Crippen molar-refractivity contribution in [2.75, 3.05) is 18.2 Å². The predicted octanol–water partition coefficient (Wildman–Crippen LogP) is 3.04. The lowest BCUT2D eigenvalue weighted by Crippen LogP contribution is -2.12. The van der Waals surface area contributed by atoms with Gasteiger partial charge < -0.3 is 15.0 Å². The highest BCUT2D eigenvalue weighted by molar-refractivity contribution is 7.99. The molecule has 3 aromatic rings. The summed E-state index contributed by atoms with van der Waals surface area (Å²) in [4.78, 5) is 0. The van der Waals surface area contributed by atoms with Gasteiger partial charge in [-0.1, -0.05) is 23.9 Å². The van der Waals surface area contributed by atoms with Crippen molar-refractivity contribution in [3.8, 4) is 17.1 Å². The van der Waals surface area contributed by atoms with E-state index >= 15 is 0 Å². The monoisotopic (exact) mass is 330 g/mol. The van der Waals surface area contributed by atoms with Gasteiger partial charge in [-0.3, -0.25) is 0 Å². The molecule has 0 aliphatic carbocycles. The van der Waals surface area contributed by atoms with E-state index in [0.717, 1.165) is 22.8 Å². The molecule has 0 spiro atoms. The standard InChI is InChI=1S/C16H18N4O2S/c1-11-4-3-5-13(10-11)22-8-9-23-16-19-18-15(20(16)17)14-6-7-21-12(14)2/h3-7,10H,8-9,17H2,1-2H3. The SMILES string of the molecule is Cc1cccc(OCCSc2nnc(-c3ccoc3C)n2N)c1. The van der Waals surface area contributed by atoms with Gasteiger partial charge >= 0.3 is 0 Å². The number of benzene rings is 1. The van der Waals surface area contributed by atoms with Crippen LogP contribution >= 0.6 is 11.8 Å². The zero-order chi connectivity index (χ0) is 16.2. The second-order valence-corrected chi connectivity index (χ2v) is 6.14. The van der Waals surface area contributed by atoms with Gasteiger partial charge in [-0.2, -0.15) is 0 Å². The highest BCUT2D eigenvalue weighted by Crippen LogP contribution is 2.25. The maximum atomic E-state index is 6.06. The van der Waals surface area contributed by atoms with E-state index in [0.29, 0.717) is 17.6 Å². The number of furan rings is 1. The highest BCUT2D eigenvalue weighted by atomic mass is 32.2. The second-order valence-electron chi connectivity index (χ2n) is 5.08. The van der Waals surface area contributed by atoms with Crippen LogP contribution < -0.4 is 10.6 Å². The average Bonchev–Trinajstić information content (AvgIpc) is 3.10. The summed E-state index contributed by atoms with van der Waals surface area (Å²) in [6, 6.07) is 9.81. The molecule has 120 valence electrons. The van der Waals surface area contributed by atoms with Crippen LogP contribution in [-0.4, -0.2) is 27.2 Å². The number of hydrogen-bond acceptors (Lipinski definition) is 6. The minimum atomic E-state index is 0.570. The van der Waals surface area contributed by atoms with Gasteiger partial charge in [0.15, 0.2) is 5.82 Å². The summed E-state index contributed by atoms with van der Waals surface area (Å²) in [6.45, 7) is 4.48. The van der Waals surface area contributed by atoms with Gasteiger partial charge in [0, 0.05) is 5.75 Å². The molecule has 6 nitrogen and oxygen atoms in total. The Bertz CT molecular complexity index is 797. The molecule has 0 unspecified atom stereocenters. The molecule has 2 N–H and O–H groups in total. The Morgan fingerprint density at radius 1 is 1.26 bits per heavy atom. The van der Waals surface area contributed by atoms with E-state index in [-0.39, 0.29) is 0 Å². The van der Waals surface area contributed by atoms with Crippen molar-refractivity contribution >= 4 is 11.8 Å². The van der Waals surface area contributed by atoms with Crippen LogP contribution in [0, 0.1) is 13.8 Å². The predicted molar refractivity (Wildman–Crippen MR) is 90.0 cm³/mol. The Kier molecular flexibility index (Phi) is 4.57. The molecule has 7 heteroatoms. The van der Waals surface area contributed by atoms with Gasteiger partial charge in [-0.25, -0.2) is 4.68 Å². The summed E-state index contributed by atoms with van der Waals surface area (Å²) in [6.07, 6.45) is 1.61. The van der Waals surface area contributed by atoms with E-state index in [1.807, 2.05) is 44.2 Å². The third-order valence-electron chi connectivity index (χ3n) is 3.34. The fourth-order valence-corrected chi connectivity index (χ4v) is 2.85. The molecule has 0 saturated carbocycles. The summed E-state index contributed by atoms with van der Waals surface area (Å²) in [5, 5.41) is 8.91. The van der Waals surface area contributed by atoms with Gasteiger partial charge in [0.1, 0.15) is 11.5 Å². The quantitative estimate of drug-likeness (QED) is 0.425. The Morgan fingerprint density at radius 3 is 2.87 bits per heavy atom. The number of ether oxygens (including phenoxy) is 1. The summed E-state index contributed by atoms with van der Waals surface area (Å²) >= 11 is 1.50. The summed E-state index contributed by atoms with van der Waals surface area (Å²) in [5.41, 5.74) is 2.03. The van der Waals surface area contributed by atoms with Crippen LogP contribution in [0.3, 0.4) is 0 Å². The number of thioether (sulfide) groups is 1. The molecule has 2 aromatic heterocycles. The zero-order valence-electron chi connectivity index (χ0n) is 13.0. The van der Waals surface area contributed by atoms with Crippen molar-refractivity contribution in [1.82, 2.24) is 14.9 Å². The van der Waals surface area contributed by atoms with E-state index in [4.69, 9.17) is 15.0 Å². The summed E-state index contributed by atoms with van der Waals surface area (Å²) in [7, 11) is 0. The Hall–Kier alpha value is -2.41. The number of nitrogens with zero attached hydrogens (tertiary/aromatic N) is 3. The lowest BCUT2D eigenvalue weighted by Gasteiger charge is -2.06. The lowest BCUT2D eigenvalue weighted by molar-refractivity contribution is 0.343. The fourth-order valence-electron chi connectivity index (χ4n) is 2.17. The molecule has 0 radical (unpaired) electrons. The molecule has 0 saturated heterocycles. The molecule has 0 bridgehead atoms. The van der Waals surface area contributed by atoms with Crippen molar-refractivity contribution in [3.05, 3.63) is 47.9 Å². The van der Waals surface area contributed by atoms with Gasteiger partial charge in [0.25, 0.3) is 0 Å². The van der Waals surface area contributed by atoms with Crippen LogP contribution in [0.2, 0.25) is 0 Å². The number of aryl methyl sites for hydroxylation is 2. The van der Waals surface area contributed by atoms with Crippen LogP contribution in [0.25, 0.3) is 11.4 Å². The van der Waals surface area contributed by atoms with E-state index in [9.17, 15) is 0 Å². The van der Waals surface area contributed by atoms with E-state index in [1.54, 1.807) is 6.26 Å². The van der Waals surface area contributed by atoms with Crippen molar-refractivity contribution in [3.63, 3.8) is 0 Å². The van der Waals surface area contributed by atoms with E-state index in [1.165, 1.54) is 22.0 Å². The number of nitrogens with two attached hydrogens (primary N) is 1. The minimum absolute atomic E-state index is 0.570. The molecular formula is C16H18N4O2S. The van der Waals surface area contributed by atoms with E-state index < -0.39 is 0 Å². The molecule has 0 amide bonds. The largest absolute Gasteiger partial charge is 0.493 e. The van der Waals surface area contributed by atoms with Gasteiger partial charge in [-0.15, -0.1) is 10.2 Å². The fraction of sp³-hybridized carbons (Fsp3) is 0.250. The third kappa shape index (κ3) is 3.50. The topological polar surface area (TPSA) is 79.1 Å². The molecule has 23 heavy (non-hydrogen) atoms. The smallest absolute Gasteiger partial charge is 0.210 e. The van der Waals surface area contributed by atoms with Crippen LogP contribution in [0.15, 0.2) is 46.2 Å². The minimum Gasteiger partial charge on any atom is -0.493 e. The first-order valence-electron chi connectivity index (χ1n) is 7.22. The molecule has 0 aliphatic heterocycles. The van der Waals surface area contributed by atoms with Crippen molar-refractivity contribution in [2.45, 2.75) is 19.0 Å². The normalized spacial score (nSPS) is 10.9. The molecule has 2 heterocycles. The number of nitrogen functional groups attached to an aromatic ring is 1. The van der Waals surface area contributed by atoms with E-state index in [2.05, 4.69) is 10.2 Å². The maximum absolute atomic E-state index is 6.06. The van der Waals surface area contributed by atoms with Crippen LogP contribution in [0.5, 0.6) is 5.75 Å². The van der Waals surface area contributed by atoms with Gasteiger partial charge in [-0.05, 0) is 37.6 Å². The molecule has 0 atom stereocenters. The Balaban J connectivity index is 1.57. The van der Waals surface area contributed by atoms with Crippen molar-refractivity contribution < 1.29 is 9.15 Å². The summed E-state index contributed by atoms with van der Waals surface area (Å²) < 4.78 is 12.5. The highest BCUT2D eigenvalue weighted by Gasteiger charge is 2.15. The number of hydrogen-bond donors (Lipinski definition) is 1. The maximum Gasteiger partial charge on any atom is 0.210 e.